The zero-order valence-corrected chi connectivity index (χ0v) is 31.7. The van der Waals surface area contributed by atoms with Crippen LogP contribution in [0.3, 0.4) is 0 Å². The highest BCUT2D eigenvalue weighted by molar-refractivity contribution is 6.38. The number of nitrogens with zero attached hydrogens (tertiary/aromatic N) is 2. The zero-order valence-electron chi connectivity index (χ0n) is 31.7. The number of Topliss-reactive ketones (excluding diaryl/α,β-unsaturated/α-hetero) is 1. The van der Waals surface area contributed by atoms with E-state index in [0.717, 1.165) is 57.8 Å². The third-order valence-corrected chi connectivity index (χ3v) is 11.6. The van der Waals surface area contributed by atoms with E-state index in [0.29, 0.717) is 45.3 Å². The SMILES string of the molecule is CCCC(NC(=O)[C@@H]1C(C(C)C)CCN1C(=O)[C@@H](NC(=O)N[C@H](CN1CCCCC1=O)C(C)(C)C)C1(C)CCCCC1)C(=O)C(=O)NC1CC1. The van der Waals surface area contributed by atoms with Crippen molar-refractivity contribution in [2.75, 3.05) is 19.6 Å². The van der Waals surface area contributed by atoms with Crippen molar-refractivity contribution in [1.82, 2.24) is 31.1 Å². The van der Waals surface area contributed by atoms with Gasteiger partial charge in [0.2, 0.25) is 23.5 Å². The molecule has 50 heavy (non-hydrogen) atoms. The molecule has 0 bridgehead atoms. The van der Waals surface area contributed by atoms with Crippen LogP contribution in [0.2, 0.25) is 0 Å². The molecule has 12 nitrogen and oxygen atoms in total. The Labute approximate surface area is 299 Å². The van der Waals surface area contributed by atoms with Gasteiger partial charge in [-0.25, -0.2) is 4.79 Å². The summed E-state index contributed by atoms with van der Waals surface area (Å²) in [6.45, 7) is 15.5. The molecule has 2 aliphatic carbocycles. The van der Waals surface area contributed by atoms with E-state index in [2.05, 4.69) is 28.2 Å². The largest absolute Gasteiger partial charge is 0.347 e. The average molecular weight is 701 g/mol. The van der Waals surface area contributed by atoms with E-state index in [9.17, 15) is 28.8 Å². The van der Waals surface area contributed by atoms with Gasteiger partial charge in [0.05, 0.1) is 12.1 Å². The van der Waals surface area contributed by atoms with Crippen LogP contribution in [0.5, 0.6) is 0 Å². The van der Waals surface area contributed by atoms with Crippen molar-refractivity contribution in [2.24, 2.45) is 22.7 Å². The Bertz CT molecular complexity index is 1250. The maximum atomic E-state index is 14.8. The number of hydrogen-bond donors (Lipinski definition) is 4. The summed E-state index contributed by atoms with van der Waals surface area (Å²) in [7, 11) is 0. The fourth-order valence-electron chi connectivity index (χ4n) is 8.04. The smallest absolute Gasteiger partial charge is 0.315 e. The summed E-state index contributed by atoms with van der Waals surface area (Å²) in [6, 6.07) is -3.48. The Morgan fingerprint density at radius 1 is 0.900 bits per heavy atom. The molecule has 0 aromatic rings. The molecule has 0 aromatic carbocycles. The first-order chi connectivity index (χ1) is 23.6. The molecule has 0 radical (unpaired) electrons. The lowest BCUT2D eigenvalue weighted by molar-refractivity contribution is -0.145. The topological polar surface area (TPSA) is 157 Å². The highest BCUT2D eigenvalue weighted by Crippen LogP contribution is 2.41. The number of carbonyl (C=O) groups is 6. The molecule has 4 aliphatic rings. The van der Waals surface area contributed by atoms with Gasteiger partial charge in [0.25, 0.3) is 5.91 Å². The molecular formula is C38H64N6O6. The number of rotatable bonds is 14. The average Bonchev–Trinajstić information content (AvgIpc) is 3.75. The molecule has 4 fully saturated rings. The number of carbonyl (C=O) groups excluding carboxylic acids is 6. The Hall–Kier alpha value is -3.18. The fourth-order valence-corrected chi connectivity index (χ4v) is 8.04. The maximum absolute atomic E-state index is 14.8. The molecule has 2 heterocycles. The van der Waals surface area contributed by atoms with E-state index >= 15 is 0 Å². The van der Waals surface area contributed by atoms with E-state index in [4.69, 9.17) is 0 Å². The van der Waals surface area contributed by atoms with E-state index in [1.165, 1.54) is 0 Å². The van der Waals surface area contributed by atoms with Gasteiger partial charge in [-0.3, -0.25) is 24.0 Å². The van der Waals surface area contributed by atoms with Crippen LogP contribution in [0.1, 0.15) is 132 Å². The van der Waals surface area contributed by atoms with Crippen molar-refractivity contribution in [3.63, 3.8) is 0 Å². The lowest BCUT2D eigenvalue weighted by Gasteiger charge is -2.43. The lowest BCUT2D eigenvalue weighted by Crippen LogP contribution is -2.63. The van der Waals surface area contributed by atoms with Gasteiger partial charge < -0.3 is 31.1 Å². The molecule has 0 spiro atoms. The fraction of sp³-hybridized carbons (Fsp3) is 0.842. The van der Waals surface area contributed by atoms with Crippen LogP contribution in [0.15, 0.2) is 0 Å². The predicted molar refractivity (Wildman–Crippen MR) is 192 cm³/mol. The molecule has 2 saturated heterocycles. The monoisotopic (exact) mass is 700 g/mol. The number of hydrogen-bond acceptors (Lipinski definition) is 6. The number of amides is 6. The van der Waals surface area contributed by atoms with Gasteiger partial charge in [-0.1, -0.05) is 74.1 Å². The Morgan fingerprint density at radius 2 is 1.58 bits per heavy atom. The van der Waals surface area contributed by atoms with Gasteiger partial charge in [-0.05, 0) is 74.0 Å². The second kappa shape index (κ2) is 16.9. The Kier molecular flexibility index (Phi) is 13.4. The number of piperidine rings is 1. The summed E-state index contributed by atoms with van der Waals surface area (Å²) in [5, 5.41) is 11.8. The van der Waals surface area contributed by atoms with Gasteiger partial charge >= 0.3 is 6.03 Å². The van der Waals surface area contributed by atoms with E-state index in [-0.39, 0.29) is 41.1 Å². The summed E-state index contributed by atoms with van der Waals surface area (Å²) in [6.07, 6.45) is 10.0. The molecule has 2 unspecified atom stereocenters. The Balaban J connectivity index is 1.57. The van der Waals surface area contributed by atoms with Crippen molar-refractivity contribution in [3.8, 4) is 0 Å². The van der Waals surface area contributed by atoms with Crippen LogP contribution in [0.4, 0.5) is 4.79 Å². The van der Waals surface area contributed by atoms with Gasteiger partial charge in [0.15, 0.2) is 0 Å². The van der Waals surface area contributed by atoms with Crippen molar-refractivity contribution < 1.29 is 28.8 Å². The summed E-state index contributed by atoms with van der Waals surface area (Å²) >= 11 is 0. The van der Waals surface area contributed by atoms with Crippen LogP contribution in [-0.4, -0.2) is 95.1 Å². The molecular weight excluding hydrogens is 636 g/mol. The predicted octanol–water partition coefficient (Wildman–Crippen LogP) is 4.06. The van der Waals surface area contributed by atoms with Crippen LogP contribution in [0.25, 0.3) is 0 Å². The number of likely N-dealkylation sites (tertiary alicyclic amines) is 2. The second-order valence-corrected chi connectivity index (χ2v) is 17.1. The maximum Gasteiger partial charge on any atom is 0.315 e. The third-order valence-electron chi connectivity index (χ3n) is 11.6. The third kappa shape index (κ3) is 9.99. The number of nitrogens with one attached hydrogen (secondary N) is 4. The van der Waals surface area contributed by atoms with Crippen molar-refractivity contribution in [3.05, 3.63) is 0 Å². The van der Waals surface area contributed by atoms with E-state index in [1.54, 1.807) is 4.90 Å². The van der Waals surface area contributed by atoms with E-state index < -0.39 is 47.2 Å². The standard InChI is InChI=1S/C38H64N6O6/c1-8-14-27(31(46)34(48)39-25-16-17-25)40-33(47)30-26(24(2)3)18-22-44(30)35(49)32(38(7)19-11-9-12-20-38)42-36(50)41-28(37(4,5)6)23-43-21-13-10-15-29(43)45/h24-28,30,32H,8-23H2,1-7H3,(H,39,48)(H,40,47)(H2,41,42,50)/t26?,27?,28-,30+,32-/m1/s1. The molecule has 2 saturated carbocycles. The summed E-state index contributed by atoms with van der Waals surface area (Å²) < 4.78 is 0. The van der Waals surface area contributed by atoms with Gasteiger partial charge in [0, 0.05) is 32.1 Å². The summed E-state index contributed by atoms with van der Waals surface area (Å²) in [4.78, 5) is 84.9. The first-order valence-corrected chi connectivity index (χ1v) is 19.4. The quantitative estimate of drug-likeness (QED) is 0.200. The van der Waals surface area contributed by atoms with Crippen molar-refractivity contribution >= 4 is 35.4 Å². The second-order valence-electron chi connectivity index (χ2n) is 17.1. The highest BCUT2D eigenvalue weighted by Gasteiger charge is 2.50. The molecule has 12 heteroatoms. The van der Waals surface area contributed by atoms with Crippen LogP contribution < -0.4 is 21.3 Å². The molecule has 6 amide bonds. The molecule has 5 atom stereocenters. The number of urea groups is 1. The molecule has 282 valence electrons. The van der Waals surface area contributed by atoms with Gasteiger partial charge in [-0.15, -0.1) is 0 Å². The van der Waals surface area contributed by atoms with Crippen molar-refractivity contribution in [2.45, 2.75) is 162 Å². The minimum absolute atomic E-state index is 0.0198. The highest BCUT2D eigenvalue weighted by atomic mass is 16.2. The minimum Gasteiger partial charge on any atom is -0.347 e. The van der Waals surface area contributed by atoms with Crippen LogP contribution >= 0.6 is 0 Å². The first-order valence-electron chi connectivity index (χ1n) is 19.4. The summed E-state index contributed by atoms with van der Waals surface area (Å²) in [5.41, 5.74) is -0.876. The Morgan fingerprint density at radius 3 is 2.16 bits per heavy atom. The van der Waals surface area contributed by atoms with Gasteiger partial charge in [-0.2, -0.15) is 0 Å². The molecule has 4 rings (SSSR count). The van der Waals surface area contributed by atoms with Crippen LogP contribution in [-0.2, 0) is 24.0 Å². The molecule has 4 N–H and O–H groups in total. The molecule has 2 aliphatic heterocycles. The van der Waals surface area contributed by atoms with Crippen molar-refractivity contribution in [1.29, 1.82) is 0 Å². The normalized spacial score (nSPS) is 24.3. The number of ketones is 1. The minimum atomic E-state index is -0.978. The lowest BCUT2D eigenvalue weighted by atomic mass is 9.70. The first kappa shape index (κ1) is 39.6. The zero-order chi connectivity index (χ0) is 36.8. The van der Waals surface area contributed by atoms with Crippen LogP contribution in [0, 0.1) is 22.7 Å². The summed E-state index contributed by atoms with van der Waals surface area (Å²) in [5.74, 6) is -2.04. The van der Waals surface area contributed by atoms with E-state index in [1.807, 2.05) is 46.4 Å². The van der Waals surface area contributed by atoms with Gasteiger partial charge in [0.1, 0.15) is 12.1 Å². The molecule has 0 aromatic heterocycles.